The summed E-state index contributed by atoms with van der Waals surface area (Å²) in [6.07, 6.45) is 4.43. The second-order valence-corrected chi connectivity index (χ2v) is 2.74. The molecule has 0 fully saturated rings. The zero-order valence-corrected chi connectivity index (χ0v) is 9.20. The summed E-state index contributed by atoms with van der Waals surface area (Å²) >= 11 is 0. The van der Waals surface area contributed by atoms with Crippen LogP contribution in [0.25, 0.3) is 0 Å². The fourth-order valence-corrected chi connectivity index (χ4v) is 0.727. The van der Waals surface area contributed by atoms with Crippen LogP contribution in [0.15, 0.2) is 0 Å². The Balaban J connectivity index is 3.89. The molecule has 0 amide bonds. The fraction of sp³-hybridized carbons (Fsp3) is 0.455. The highest BCUT2D eigenvalue weighted by Gasteiger charge is 2.16. The van der Waals surface area contributed by atoms with Gasteiger partial charge in [-0.2, -0.15) is 0 Å². The summed E-state index contributed by atoms with van der Waals surface area (Å²) in [5.41, 5.74) is 5.45. The first-order valence-electron chi connectivity index (χ1n) is 4.61. The van der Waals surface area contributed by atoms with Crippen molar-refractivity contribution in [3.05, 3.63) is 0 Å². The van der Waals surface area contributed by atoms with Crippen LogP contribution in [0.2, 0.25) is 0 Å². The first-order chi connectivity index (χ1) is 7.61. The Morgan fingerprint density at radius 2 is 1.75 bits per heavy atom. The predicted octanol–water partition coefficient (Wildman–Crippen LogP) is 0.142. The van der Waals surface area contributed by atoms with Crippen LogP contribution in [-0.2, 0) is 19.1 Å². The van der Waals surface area contributed by atoms with Crippen molar-refractivity contribution in [1.29, 1.82) is 0 Å². The fourth-order valence-electron chi connectivity index (χ4n) is 0.727. The molecular weight excluding hydrogens is 210 g/mol. The number of carbonyl (C=O) groups is 2. The minimum atomic E-state index is -0.886. The molecule has 0 aliphatic rings. The van der Waals surface area contributed by atoms with Gasteiger partial charge in [0.05, 0.1) is 0 Å². The Morgan fingerprint density at radius 1 is 1.19 bits per heavy atom. The quantitative estimate of drug-likeness (QED) is 0.542. The number of carbonyl (C=O) groups excluding carboxylic acids is 2. The molecule has 0 aliphatic heterocycles. The van der Waals surface area contributed by atoms with Gasteiger partial charge in [0.25, 0.3) is 0 Å². The van der Waals surface area contributed by atoms with Crippen molar-refractivity contribution in [3.63, 3.8) is 0 Å². The maximum atomic E-state index is 11.1. The molecule has 2 N–H and O–H groups in total. The monoisotopic (exact) mass is 223 g/mol. The SMILES string of the molecule is CC#COC(=O)CC[C@H](N)C(=O)OC#CC. The smallest absolute Gasteiger partial charge is 0.336 e. The normalized spacial score (nSPS) is 9.94. The van der Waals surface area contributed by atoms with E-state index in [1.165, 1.54) is 6.92 Å². The zero-order chi connectivity index (χ0) is 12.4. The van der Waals surface area contributed by atoms with E-state index in [4.69, 9.17) is 5.73 Å². The van der Waals surface area contributed by atoms with Crippen LogP contribution < -0.4 is 5.73 Å². The highest BCUT2D eigenvalue weighted by Crippen LogP contribution is 1.98. The van der Waals surface area contributed by atoms with Crippen molar-refractivity contribution in [1.82, 2.24) is 0 Å². The van der Waals surface area contributed by atoms with E-state index in [0.717, 1.165) is 0 Å². The van der Waals surface area contributed by atoms with Gasteiger partial charge in [0.1, 0.15) is 18.3 Å². The molecule has 0 spiro atoms. The summed E-state index contributed by atoms with van der Waals surface area (Å²) in [6.45, 7) is 3.07. The number of esters is 2. The number of nitrogens with two attached hydrogens (primary N) is 1. The molecular formula is C11H13NO4. The molecule has 5 heteroatoms. The molecule has 1 atom stereocenters. The third-order valence-electron chi connectivity index (χ3n) is 1.48. The Hall–Kier alpha value is -1.98. The lowest BCUT2D eigenvalue weighted by Crippen LogP contribution is -2.32. The van der Waals surface area contributed by atoms with Gasteiger partial charge in [0, 0.05) is 20.3 Å². The van der Waals surface area contributed by atoms with E-state index < -0.39 is 18.0 Å². The topological polar surface area (TPSA) is 78.6 Å². The van der Waals surface area contributed by atoms with Crippen LogP contribution >= 0.6 is 0 Å². The van der Waals surface area contributed by atoms with Gasteiger partial charge in [-0.15, -0.1) is 0 Å². The number of rotatable bonds is 4. The first-order valence-corrected chi connectivity index (χ1v) is 4.61. The molecule has 0 aromatic carbocycles. The minimum absolute atomic E-state index is 0.00446. The zero-order valence-electron chi connectivity index (χ0n) is 9.20. The molecule has 0 rings (SSSR count). The Labute approximate surface area is 94.3 Å². The third-order valence-corrected chi connectivity index (χ3v) is 1.48. The molecule has 0 bridgehead atoms. The van der Waals surface area contributed by atoms with E-state index in [-0.39, 0.29) is 12.8 Å². The molecule has 0 radical (unpaired) electrons. The second-order valence-electron chi connectivity index (χ2n) is 2.74. The summed E-state index contributed by atoms with van der Waals surface area (Å²) in [6, 6.07) is -0.886. The van der Waals surface area contributed by atoms with Gasteiger partial charge in [0.2, 0.25) is 0 Å². The standard InChI is InChI=1S/C11H13NO4/c1-3-7-15-10(13)6-5-9(12)11(14)16-8-4-2/h9H,5-6,12H2,1-2H3/t9-/m0/s1. The highest BCUT2D eigenvalue weighted by molar-refractivity contribution is 5.78. The average Bonchev–Trinajstić information content (AvgIpc) is 2.30. The van der Waals surface area contributed by atoms with Crippen molar-refractivity contribution < 1.29 is 19.1 Å². The van der Waals surface area contributed by atoms with Crippen LogP contribution in [0, 0.1) is 24.1 Å². The van der Waals surface area contributed by atoms with E-state index in [2.05, 4.69) is 33.5 Å². The van der Waals surface area contributed by atoms with Crippen molar-refractivity contribution >= 4 is 11.9 Å². The molecule has 5 nitrogen and oxygen atoms in total. The molecule has 0 aliphatic carbocycles. The Morgan fingerprint density at radius 3 is 2.31 bits per heavy atom. The van der Waals surface area contributed by atoms with Crippen LogP contribution in [-0.4, -0.2) is 18.0 Å². The van der Waals surface area contributed by atoms with Gasteiger partial charge < -0.3 is 15.2 Å². The molecule has 16 heavy (non-hydrogen) atoms. The molecule has 0 unspecified atom stereocenters. The first kappa shape index (κ1) is 14.0. The van der Waals surface area contributed by atoms with Gasteiger partial charge in [-0.3, -0.25) is 4.79 Å². The summed E-state index contributed by atoms with van der Waals surface area (Å²) in [5.74, 6) is 3.60. The van der Waals surface area contributed by atoms with Crippen molar-refractivity contribution in [2.45, 2.75) is 32.7 Å². The lowest BCUT2D eigenvalue weighted by Gasteiger charge is -2.05. The predicted molar refractivity (Wildman–Crippen MR) is 56.3 cm³/mol. The van der Waals surface area contributed by atoms with Gasteiger partial charge in [-0.1, -0.05) is 11.8 Å². The van der Waals surface area contributed by atoms with Crippen LogP contribution in [0.1, 0.15) is 26.7 Å². The van der Waals surface area contributed by atoms with Crippen molar-refractivity contribution in [2.24, 2.45) is 5.73 Å². The van der Waals surface area contributed by atoms with Crippen LogP contribution in [0.3, 0.4) is 0 Å². The minimum Gasteiger partial charge on any atom is -0.372 e. The Bertz CT molecular complexity index is 367. The largest absolute Gasteiger partial charge is 0.372 e. The van der Waals surface area contributed by atoms with Gasteiger partial charge in [-0.25, -0.2) is 4.79 Å². The average molecular weight is 223 g/mol. The van der Waals surface area contributed by atoms with E-state index in [1.54, 1.807) is 6.92 Å². The molecule has 0 aromatic rings. The Kier molecular flexibility index (Phi) is 7.31. The molecule has 0 saturated heterocycles. The van der Waals surface area contributed by atoms with Crippen molar-refractivity contribution in [2.75, 3.05) is 0 Å². The van der Waals surface area contributed by atoms with E-state index in [1.807, 2.05) is 0 Å². The van der Waals surface area contributed by atoms with Crippen LogP contribution in [0.5, 0.6) is 0 Å². The van der Waals surface area contributed by atoms with Gasteiger partial charge in [0.15, 0.2) is 0 Å². The third kappa shape index (κ3) is 6.47. The lowest BCUT2D eigenvalue weighted by atomic mass is 10.2. The molecule has 86 valence electrons. The second kappa shape index (κ2) is 8.34. The molecule has 0 aromatic heterocycles. The summed E-state index contributed by atoms with van der Waals surface area (Å²) in [7, 11) is 0. The summed E-state index contributed by atoms with van der Waals surface area (Å²) < 4.78 is 8.93. The number of ether oxygens (including phenoxy) is 2. The van der Waals surface area contributed by atoms with Gasteiger partial charge in [-0.05, 0) is 6.42 Å². The summed E-state index contributed by atoms with van der Waals surface area (Å²) in [4.78, 5) is 22.1. The lowest BCUT2D eigenvalue weighted by molar-refractivity contribution is -0.139. The van der Waals surface area contributed by atoms with Crippen LogP contribution in [0.4, 0.5) is 0 Å². The highest BCUT2D eigenvalue weighted by atomic mass is 16.5. The van der Waals surface area contributed by atoms with E-state index in [9.17, 15) is 9.59 Å². The van der Waals surface area contributed by atoms with Crippen molar-refractivity contribution in [3.8, 4) is 24.1 Å². The van der Waals surface area contributed by atoms with E-state index >= 15 is 0 Å². The number of hydrogen-bond donors (Lipinski definition) is 1. The molecule has 0 heterocycles. The van der Waals surface area contributed by atoms with E-state index in [0.29, 0.717) is 0 Å². The summed E-state index contributed by atoms with van der Waals surface area (Å²) in [5, 5.41) is 0. The molecule has 0 saturated carbocycles. The van der Waals surface area contributed by atoms with Gasteiger partial charge >= 0.3 is 11.9 Å². The maximum Gasteiger partial charge on any atom is 0.336 e. The number of hydrogen-bond acceptors (Lipinski definition) is 5. The maximum absolute atomic E-state index is 11.1.